The van der Waals surface area contributed by atoms with Crippen molar-refractivity contribution in [1.82, 2.24) is 0 Å². The lowest BCUT2D eigenvalue weighted by atomic mass is 9.98. The molecule has 0 radical (unpaired) electrons. The topological polar surface area (TPSA) is 30.2 Å². The van der Waals surface area contributed by atoms with Gasteiger partial charge in [0.25, 0.3) is 0 Å². The molecule has 0 aliphatic carbocycles. The molecule has 1 heterocycles. The number of alkyl halides is 3. The van der Waals surface area contributed by atoms with Crippen molar-refractivity contribution in [3.63, 3.8) is 0 Å². The summed E-state index contributed by atoms with van der Waals surface area (Å²) in [5.74, 6) is -1.27. The van der Waals surface area contributed by atoms with Crippen LogP contribution in [0.25, 0.3) is 21.9 Å². The first-order chi connectivity index (χ1) is 10.4. The van der Waals surface area contributed by atoms with Crippen LogP contribution in [-0.2, 0) is 6.18 Å². The highest BCUT2D eigenvalue weighted by molar-refractivity contribution is 14.1. The van der Waals surface area contributed by atoms with Crippen LogP contribution in [0.15, 0.2) is 57.7 Å². The Balaban J connectivity index is 2.46. The molecule has 0 saturated carbocycles. The summed E-state index contributed by atoms with van der Waals surface area (Å²) in [5, 5.41) is 0.358. The molecule has 1 aromatic heterocycles. The normalized spacial score (nSPS) is 11.8. The Labute approximate surface area is 136 Å². The molecule has 2 aromatic carbocycles. The van der Waals surface area contributed by atoms with Crippen LogP contribution in [0.3, 0.4) is 0 Å². The second-order valence-electron chi connectivity index (χ2n) is 4.64. The molecule has 3 rings (SSSR count). The standard InChI is InChI=1S/C16H8F3IO2/c17-16(18,19)14-13(9-5-7-10(20)8-6-9)11-3-1-2-4-12(11)15(21)22-14/h1-8H. The lowest BCUT2D eigenvalue weighted by molar-refractivity contribution is -0.153. The summed E-state index contributed by atoms with van der Waals surface area (Å²) < 4.78 is 45.3. The quantitative estimate of drug-likeness (QED) is 0.518. The van der Waals surface area contributed by atoms with Crippen molar-refractivity contribution in [1.29, 1.82) is 0 Å². The van der Waals surface area contributed by atoms with Gasteiger partial charge < -0.3 is 4.42 Å². The second kappa shape index (κ2) is 5.42. The van der Waals surface area contributed by atoms with E-state index in [0.717, 1.165) is 3.57 Å². The highest BCUT2D eigenvalue weighted by atomic mass is 127. The predicted molar refractivity (Wildman–Crippen MR) is 85.6 cm³/mol. The number of hydrogen-bond donors (Lipinski definition) is 0. The van der Waals surface area contributed by atoms with Crippen molar-refractivity contribution < 1.29 is 17.6 Å². The van der Waals surface area contributed by atoms with Crippen LogP contribution >= 0.6 is 22.6 Å². The molecule has 0 bridgehead atoms. The fourth-order valence-electron chi connectivity index (χ4n) is 2.30. The van der Waals surface area contributed by atoms with E-state index in [4.69, 9.17) is 0 Å². The van der Waals surface area contributed by atoms with Crippen LogP contribution in [0.4, 0.5) is 13.2 Å². The minimum absolute atomic E-state index is 0.112. The Bertz CT molecular complexity index is 896. The van der Waals surface area contributed by atoms with Crippen LogP contribution in [0.2, 0.25) is 0 Å². The van der Waals surface area contributed by atoms with Crippen LogP contribution in [-0.4, -0.2) is 0 Å². The summed E-state index contributed by atoms with van der Waals surface area (Å²) in [6, 6.07) is 12.7. The van der Waals surface area contributed by atoms with Gasteiger partial charge in [-0.25, -0.2) is 4.79 Å². The summed E-state index contributed by atoms with van der Waals surface area (Å²) in [6.45, 7) is 0. The first-order valence-electron chi connectivity index (χ1n) is 6.27. The molecule has 112 valence electrons. The van der Waals surface area contributed by atoms with E-state index in [0.29, 0.717) is 5.56 Å². The number of halogens is 4. The maximum Gasteiger partial charge on any atom is 0.450 e. The Morgan fingerprint density at radius 1 is 0.909 bits per heavy atom. The molecule has 0 aliphatic heterocycles. The average Bonchev–Trinajstić information content (AvgIpc) is 2.47. The van der Waals surface area contributed by atoms with Gasteiger partial charge in [-0.15, -0.1) is 0 Å². The molecule has 0 fully saturated rings. The average molecular weight is 416 g/mol. The van der Waals surface area contributed by atoms with Gasteiger partial charge in [-0.3, -0.25) is 0 Å². The maximum absolute atomic E-state index is 13.3. The number of benzene rings is 2. The molecular weight excluding hydrogens is 408 g/mol. The van der Waals surface area contributed by atoms with Crippen molar-refractivity contribution in [3.8, 4) is 11.1 Å². The van der Waals surface area contributed by atoms with Gasteiger partial charge in [-0.1, -0.05) is 30.3 Å². The summed E-state index contributed by atoms with van der Waals surface area (Å²) in [7, 11) is 0. The van der Waals surface area contributed by atoms with Crippen LogP contribution in [0.5, 0.6) is 0 Å². The highest BCUT2D eigenvalue weighted by Crippen LogP contribution is 2.40. The van der Waals surface area contributed by atoms with Gasteiger partial charge in [-0.2, -0.15) is 13.2 Å². The first kappa shape index (κ1) is 15.1. The van der Waals surface area contributed by atoms with Gasteiger partial charge in [0.2, 0.25) is 5.76 Å². The largest absolute Gasteiger partial charge is 0.450 e. The van der Waals surface area contributed by atoms with Gasteiger partial charge in [0.15, 0.2) is 0 Å². The smallest absolute Gasteiger partial charge is 0.417 e. The third-order valence-corrected chi connectivity index (χ3v) is 3.95. The SMILES string of the molecule is O=c1oc(C(F)(F)F)c(-c2ccc(I)cc2)c2ccccc12. The van der Waals surface area contributed by atoms with E-state index in [2.05, 4.69) is 27.0 Å². The van der Waals surface area contributed by atoms with Crippen LogP contribution in [0.1, 0.15) is 5.76 Å². The predicted octanol–water partition coefficient (Wildman–Crippen LogP) is 5.08. The monoisotopic (exact) mass is 416 g/mol. The Morgan fingerprint density at radius 3 is 2.09 bits per heavy atom. The summed E-state index contributed by atoms with van der Waals surface area (Å²) >= 11 is 2.07. The van der Waals surface area contributed by atoms with E-state index in [-0.39, 0.29) is 16.3 Å². The molecule has 0 saturated heterocycles. The fourth-order valence-corrected chi connectivity index (χ4v) is 2.66. The minimum atomic E-state index is -4.75. The third kappa shape index (κ3) is 2.63. The van der Waals surface area contributed by atoms with Gasteiger partial charge >= 0.3 is 11.8 Å². The van der Waals surface area contributed by atoms with Gasteiger partial charge in [0.1, 0.15) is 0 Å². The molecule has 0 amide bonds. The molecule has 3 aromatic rings. The number of rotatable bonds is 1. The Hall–Kier alpha value is -1.83. The molecule has 6 heteroatoms. The lowest BCUT2D eigenvalue weighted by Crippen LogP contribution is -2.13. The molecule has 0 aliphatic rings. The van der Waals surface area contributed by atoms with E-state index in [1.165, 1.54) is 12.1 Å². The van der Waals surface area contributed by atoms with Gasteiger partial charge in [-0.05, 0) is 46.4 Å². The van der Waals surface area contributed by atoms with Crippen LogP contribution in [0, 0.1) is 3.57 Å². The molecule has 0 unspecified atom stereocenters. The van der Waals surface area contributed by atoms with E-state index >= 15 is 0 Å². The zero-order valence-corrected chi connectivity index (χ0v) is 13.1. The van der Waals surface area contributed by atoms with Crippen molar-refractivity contribution in [2.75, 3.05) is 0 Å². The highest BCUT2D eigenvalue weighted by Gasteiger charge is 2.39. The number of hydrogen-bond acceptors (Lipinski definition) is 2. The molecule has 2 nitrogen and oxygen atoms in total. The van der Waals surface area contributed by atoms with Gasteiger partial charge in [0, 0.05) is 14.5 Å². The second-order valence-corrected chi connectivity index (χ2v) is 5.89. The first-order valence-corrected chi connectivity index (χ1v) is 7.35. The summed E-state index contributed by atoms with van der Waals surface area (Å²) in [6.07, 6.45) is -4.75. The van der Waals surface area contributed by atoms with E-state index < -0.39 is 17.6 Å². The fraction of sp³-hybridized carbons (Fsp3) is 0.0625. The van der Waals surface area contributed by atoms with E-state index in [9.17, 15) is 18.0 Å². The van der Waals surface area contributed by atoms with Crippen molar-refractivity contribution in [2.45, 2.75) is 6.18 Å². The zero-order valence-electron chi connectivity index (χ0n) is 10.9. The molecule has 22 heavy (non-hydrogen) atoms. The lowest BCUT2D eigenvalue weighted by Gasteiger charge is -2.13. The van der Waals surface area contributed by atoms with Crippen LogP contribution < -0.4 is 5.63 Å². The Kier molecular flexibility index (Phi) is 3.72. The molecular formula is C16H8F3IO2. The summed E-state index contributed by atoms with van der Waals surface area (Å²) in [5.41, 5.74) is -0.746. The molecule has 0 N–H and O–H groups in total. The number of fused-ring (bicyclic) bond motifs is 1. The molecule has 0 atom stereocenters. The van der Waals surface area contributed by atoms with Crippen molar-refractivity contribution >= 4 is 33.4 Å². The third-order valence-electron chi connectivity index (χ3n) is 3.23. The van der Waals surface area contributed by atoms with Crippen molar-refractivity contribution in [3.05, 3.63) is 68.3 Å². The van der Waals surface area contributed by atoms with Gasteiger partial charge in [0.05, 0.1) is 5.39 Å². The minimum Gasteiger partial charge on any atom is -0.417 e. The van der Waals surface area contributed by atoms with Crippen molar-refractivity contribution in [2.24, 2.45) is 0 Å². The molecule has 0 spiro atoms. The Morgan fingerprint density at radius 2 is 1.50 bits per heavy atom. The maximum atomic E-state index is 13.3. The van der Waals surface area contributed by atoms with E-state index in [1.807, 2.05) is 0 Å². The summed E-state index contributed by atoms with van der Waals surface area (Å²) in [4.78, 5) is 11.8. The zero-order chi connectivity index (χ0) is 15.9. The van der Waals surface area contributed by atoms with E-state index in [1.54, 1.807) is 36.4 Å².